The minimum absolute atomic E-state index is 0.0215. The van der Waals surface area contributed by atoms with E-state index in [1.165, 1.54) is 22.9 Å². The molecule has 0 radical (unpaired) electrons. The molecular weight excluding hydrogens is 696 g/mol. The molecule has 5 rings (SSSR count). The van der Waals surface area contributed by atoms with Gasteiger partial charge in [-0.2, -0.15) is 4.90 Å². The van der Waals surface area contributed by atoms with E-state index in [1.54, 1.807) is 41.5 Å². The normalized spacial score (nSPS) is 17.4. The quantitative estimate of drug-likeness (QED) is 0.219. The second kappa shape index (κ2) is 14.2. The van der Waals surface area contributed by atoms with Crippen molar-refractivity contribution in [2.45, 2.75) is 90.2 Å². The number of carbonyl (C=O) groups excluding carboxylic acids is 2. The molecule has 4 heterocycles. The summed E-state index contributed by atoms with van der Waals surface area (Å²) < 4.78 is 80.5. The lowest BCUT2D eigenvalue weighted by Crippen LogP contribution is -2.63. The number of benzene rings is 1. The van der Waals surface area contributed by atoms with Gasteiger partial charge < -0.3 is 38.9 Å². The first-order chi connectivity index (χ1) is 24.2. The van der Waals surface area contributed by atoms with Gasteiger partial charge in [-0.25, -0.2) is 47.1 Å². The van der Waals surface area contributed by atoms with E-state index < -0.39 is 53.1 Å². The molecule has 15 nitrogen and oxygen atoms in total. The number of amides is 2. The molecule has 1 aliphatic rings. The van der Waals surface area contributed by atoms with Crippen LogP contribution in [-0.4, -0.2) is 91.3 Å². The molecule has 2 atom stereocenters. The van der Waals surface area contributed by atoms with E-state index >= 15 is 4.39 Å². The highest BCUT2D eigenvalue weighted by Crippen LogP contribution is 2.37. The molecule has 0 bridgehead atoms. The zero-order chi connectivity index (χ0) is 38.3. The first kappa shape index (κ1) is 38.2. The van der Waals surface area contributed by atoms with Gasteiger partial charge >= 0.3 is 12.2 Å². The van der Waals surface area contributed by atoms with Gasteiger partial charge in [0.25, 0.3) is 6.43 Å². The van der Waals surface area contributed by atoms with E-state index in [1.807, 2.05) is 0 Å². The summed E-state index contributed by atoms with van der Waals surface area (Å²) in [6.07, 6.45) is -4.73. The molecule has 0 aliphatic carbocycles. The van der Waals surface area contributed by atoms with Crippen LogP contribution in [-0.2, 0) is 16.0 Å². The fraction of sp³-hybridized carbons (Fsp3) is 0.515. The van der Waals surface area contributed by atoms with Crippen LogP contribution >= 0.6 is 0 Å². The predicted octanol–water partition coefficient (Wildman–Crippen LogP) is 5.42. The number of fused-ring (bicyclic) bond motifs is 1. The number of methoxy groups -OCH3 is 1. The smallest absolute Gasteiger partial charge is 0.425 e. The average Bonchev–Trinajstić information content (AvgIpc) is 3.65. The number of ether oxygens (including phenoxy) is 3. The molecule has 2 amide bonds. The predicted molar refractivity (Wildman–Crippen MR) is 178 cm³/mol. The van der Waals surface area contributed by atoms with Gasteiger partial charge in [-0.1, -0.05) is 0 Å². The number of anilines is 2. The molecule has 3 N–H and O–H groups in total. The number of aliphatic hydroxyl groups is 1. The molecule has 19 heteroatoms. The molecular formula is C33H40F4N8O7. The number of carbonyl (C=O) groups is 2. The number of hydrogen-bond donors (Lipinski definition) is 2. The van der Waals surface area contributed by atoms with Crippen molar-refractivity contribution < 1.29 is 50.9 Å². The van der Waals surface area contributed by atoms with Crippen molar-refractivity contribution in [3.8, 4) is 17.2 Å². The van der Waals surface area contributed by atoms with Gasteiger partial charge in [0.2, 0.25) is 11.8 Å². The molecule has 1 fully saturated rings. The van der Waals surface area contributed by atoms with Crippen LogP contribution in [0.3, 0.4) is 0 Å². The van der Waals surface area contributed by atoms with Crippen LogP contribution in [0.25, 0.3) is 22.6 Å². The van der Waals surface area contributed by atoms with Crippen molar-refractivity contribution in [2.24, 2.45) is 5.73 Å². The van der Waals surface area contributed by atoms with Crippen LogP contribution in [0.1, 0.15) is 60.1 Å². The van der Waals surface area contributed by atoms with Gasteiger partial charge in [0.05, 0.1) is 31.1 Å². The Hall–Kier alpha value is -5.04. The third-order valence-corrected chi connectivity index (χ3v) is 7.89. The lowest BCUT2D eigenvalue weighted by atomic mass is 9.84. The number of imide groups is 1. The van der Waals surface area contributed by atoms with Gasteiger partial charge in [-0.05, 0) is 60.5 Å². The fourth-order valence-electron chi connectivity index (χ4n) is 5.61. The third kappa shape index (κ3) is 8.04. The molecule has 1 saturated heterocycles. The number of halogens is 4. The molecule has 1 aromatic carbocycles. The van der Waals surface area contributed by atoms with Crippen molar-refractivity contribution in [1.82, 2.24) is 24.5 Å². The topological polar surface area (TPSA) is 184 Å². The zero-order valence-electron chi connectivity index (χ0n) is 29.6. The summed E-state index contributed by atoms with van der Waals surface area (Å²) in [6.45, 7) is 9.41. The van der Waals surface area contributed by atoms with Gasteiger partial charge in [0.15, 0.2) is 28.5 Å². The van der Waals surface area contributed by atoms with Crippen LogP contribution < -0.4 is 20.3 Å². The van der Waals surface area contributed by atoms with Gasteiger partial charge in [0, 0.05) is 19.2 Å². The maximum absolute atomic E-state index is 15.2. The van der Waals surface area contributed by atoms with Gasteiger partial charge in [-0.3, -0.25) is 0 Å². The Bertz CT molecular complexity index is 1930. The van der Waals surface area contributed by atoms with Crippen LogP contribution in [0.5, 0.6) is 5.75 Å². The number of alkyl halides is 2. The van der Waals surface area contributed by atoms with Crippen molar-refractivity contribution in [2.75, 3.05) is 30.0 Å². The Balaban J connectivity index is 1.60. The molecule has 0 spiro atoms. The van der Waals surface area contributed by atoms with Crippen molar-refractivity contribution >= 4 is 35.1 Å². The number of oxazole rings is 1. The van der Waals surface area contributed by atoms with Crippen LogP contribution in [0.2, 0.25) is 0 Å². The molecule has 4 aromatic rings. The lowest BCUT2D eigenvalue weighted by Gasteiger charge is -2.42. The van der Waals surface area contributed by atoms with E-state index in [0.717, 1.165) is 18.5 Å². The Kier molecular flexibility index (Phi) is 10.4. The number of imidazole rings is 1. The highest BCUT2D eigenvalue weighted by molar-refractivity contribution is 6.12. The molecule has 52 heavy (non-hydrogen) atoms. The summed E-state index contributed by atoms with van der Waals surface area (Å²) in [5.41, 5.74) is 2.34. The molecule has 0 unspecified atom stereocenters. The Morgan fingerprint density at radius 2 is 1.71 bits per heavy atom. The number of aromatic nitrogens is 5. The number of hydrogen-bond acceptors (Lipinski definition) is 13. The number of rotatable bonds is 8. The van der Waals surface area contributed by atoms with E-state index in [2.05, 4.69) is 19.9 Å². The number of nitrogens with zero attached hydrogens (tertiary/aromatic N) is 7. The fourth-order valence-corrected chi connectivity index (χ4v) is 5.61. The highest BCUT2D eigenvalue weighted by Gasteiger charge is 2.44. The van der Waals surface area contributed by atoms with Crippen molar-refractivity contribution in [3.05, 3.63) is 42.1 Å². The maximum Gasteiger partial charge on any atom is 0.425 e. The zero-order valence-corrected chi connectivity index (χ0v) is 29.6. The molecule has 3 aromatic heterocycles. The van der Waals surface area contributed by atoms with E-state index in [0.29, 0.717) is 4.90 Å². The van der Waals surface area contributed by atoms with Crippen LogP contribution in [0, 0.1) is 11.6 Å². The Morgan fingerprint density at radius 1 is 1.06 bits per heavy atom. The monoisotopic (exact) mass is 736 g/mol. The first-order valence-corrected chi connectivity index (χ1v) is 16.2. The summed E-state index contributed by atoms with van der Waals surface area (Å²) in [5, 5.41) is 10.3. The summed E-state index contributed by atoms with van der Waals surface area (Å²) in [4.78, 5) is 46.1. The first-order valence-electron chi connectivity index (χ1n) is 16.2. The van der Waals surface area contributed by atoms with Gasteiger partial charge in [0.1, 0.15) is 35.1 Å². The number of aliphatic hydroxyl groups excluding tert-OH is 1. The summed E-state index contributed by atoms with van der Waals surface area (Å²) in [5.74, 6) is -2.82. The van der Waals surface area contributed by atoms with Crippen molar-refractivity contribution in [3.63, 3.8) is 0 Å². The molecule has 282 valence electrons. The number of nitrogens with two attached hydrogens (primary N) is 1. The summed E-state index contributed by atoms with van der Waals surface area (Å²) in [6, 6.07) is 1.66. The van der Waals surface area contributed by atoms with E-state index in [9.17, 15) is 27.9 Å². The third-order valence-electron chi connectivity index (χ3n) is 7.89. The minimum Gasteiger partial charge on any atom is -0.494 e. The second-order valence-electron chi connectivity index (χ2n) is 14.3. The highest BCUT2D eigenvalue weighted by atomic mass is 19.3. The summed E-state index contributed by atoms with van der Waals surface area (Å²) >= 11 is 0. The van der Waals surface area contributed by atoms with Gasteiger partial charge in [-0.15, -0.1) is 0 Å². The summed E-state index contributed by atoms with van der Waals surface area (Å²) in [7, 11) is 1.17. The molecule has 1 aliphatic heterocycles. The minimum atomic E-state index is -3.13. The van der Waals surface area contributed by atoms with Crippen LogP contribution in [0.4, 0.5) is 38.9 Å². The van der Waals surface area contributed by atoms with E-state index in [-0.39, 0.29) is 78.2 Å². The SMILES string of the molecule is COc1cc(F)c(-c2nc(Cn3cnc4c(N(C(=O)OC(C)(C)C)C(=O)OC(C)(C)C)ncnc43)c(N3CCC[C@](N)([C@H](O)C(F)F)C3)o2)cc1F. The van der Waals surface area contributed by atoms with E-state index in [4.69, 9.17) is 24.4 Å². The molecule has 0 saturated carbocycles. The lowest BCUT2D eigenvalue weighted by molar-refractivity contribution is -0.0531. The largest absolute Gasteiger partial charge is 0.494 e. The Morgan fingerprint density at radius 3 is 2.31 bits per heavy atom. The van der Waals surface area contributed by atoms with Crippen molar-refractivity contribution in [1.29, 1.82) is 0 Å². The standard InChI is InChI=1S/C33H40F4N8O7/c1-31(2,3)51-29(47)45(30(48)52-32(4,5)6)26-22-25(39-15-40-26)44(16-41-22)13-20-28(43-10-8-9-33(38,14-43)23(46)24(36)37)50-27(42-20)17-11-19(35)21(49-7)12-18(17)34/h11-12,15-16,23-24,46H,8-10,13-14,38H2,1-7H3/t23-,33-/m1/s1. The second-order valence-corrected chi connectivity index (χ2v) is 14.3. The number of piperidine rings is 1. The average molecular weight is 737 g/mol. The maximum atomic E-state index is 15.2. The Labute approximate surface area is 295 Å². The van der Waals surface area contributed by atoms with Crippen LogP contribution in [0.15, 0.2) is 29.2 Å².